The van der Waals surface area contributed by atoms with Gasteiger partial charge in [0.05, 0.1) is 5.69 Å². The molecule has 1 heterocycles. The predicted octanol–water partition coefficient (Wildman–Crippen LogP) is 2.12. The highest BCUT2D eigenvalue weighted by Gasteiger charge is 2.46. The number of nitrogens with one attached hydrogen (secondary N) is 1. The molecule has 0 aromatic heterocycles. The fraction of sp³-hybridized carbons (Fsp3) is 0.429. The van der Waals surface area contributed by atoms with Crippen molar-refractivity contribution in [1.82, 2.24) is 5.32 Å². The van der Waals surface area contributed by atoms with Crippen LogP contribution in [-0.4, -0.2) is 23.4 Å². The number of amides is 2. The maximum atomic E-state index is 13.9. The summed E-state index contributed by atoms with van der Waals surface area (Å²) in [4.78, 5) is 25.4. The van der Waals surface area contributed by atoms with E-state index in [-0.39, 0.29) is 6.42 Å². The molecule has 1 aliphatic rings. The second kappa shape index (κ2) is 5.05. The normalized spacial score (nSPS) is 21.4. The van der Waals surface area contributed by atoms with Crippen molar-refractivity contribution >= 4 is 17.5 Å². The van der Waals surface area contributed by atoms with Crippen LogP contribution in [0.25, 0.3) is 0 Å². The minimum atomic E-state index is -1.35. The van der Waals surface area contributed by atoms with Gasteiger partial charge in [0.15, 0.2) is 11.6 Å². The van der Waals surface area contributed by atoms with E-state index in [2.05, 4.69) is 5.32 Å². The zero-order valence-electron chi connectivity index (χ0n) is 11.8. The Morgan fingerprint density at radius 3 is 2.29 bits per heavy atom. The van der Waals surface area contributed by atoms with E-state index >= 15 is 0 Å². The molecule has 0 bridgehead atoms. The van der Waals surface area contributed by atoms with Gasteiger partial charge in [-0.15, -0.1) is 0 Å². The summed E-state index contributed by atoms with van der Waals surface area (Å²) < 4.78 is 40.4. The summed E-state index contributed by atoms with van der Waals surface area (Å²) in [6.45, 7) is 4.56. The van der Waals surface area contributed by atoms with Gasteiger partial charge in [-0.05, 0) is 20.3 Å². The number of benzene rings is 1. The Morgan fingerprint density at radius 2 is 1.71 bits per heavy atom. The third-order valence-corrected chi connectivity index (χ3v) is 3.44. The average molecular weight is 300 g/mol. The van der Waals surface area contributed by atoms with Gasteiger partial charge >= 0.3 is 0 Å². The quantitative estimate of drug-likeness (QED) is 0.851. The van der Waals surface area contributed by atoms with Crippen LogP contribution in [0.15, 0.2) is 12.1 Å². The molecule has 0 radical (unpaired) electrons. The van der Waals surface area contributed by atoms with Gasteiger partial charge in [-0.1, -0.05) is 6.92 Å². The SMILES string of the molecule is CCC1C(=O)NC(C)(C)C(=O)N1c1cc(F)c(F)cc1F. The van der Waals surface area contributed by atoms with Crippen LogP contribution in [0.2, 0.25) is 0 Å². The van der Waals surface area contributed by atoms with Gasteiger partial charge in [-0.25, -0.2) is 13.2 Å². The van der Waals surface area contributed by atoms with Gasteiger partial charge in [0.2, 0.25) is 5.91 Å². The lowest BCUT2D eigenvalue weighted by Crippen LogP contribution is -2.68. The number of nitrogens with zero attached hydrogens (tertiary/aromatic N) is 1. The Bertz CT molecular complexity index is 616. The standard InChI is InChI=1S/C14H15F3N2O2/c1-4-10-12(20)18-14(2,3)13(21)19(10)11-6-8(16)7(15)5-9(11)17/h5-6,10H,4H2,1-3H3,(H,18,20). The highest BCUT2D eigenvalue weighted by atomic mass is 19.2. The van der Waals surface area contributed by atoms with Crippen LogP contribution in [0.4, 0.5) is 18.9 Å². The topological polar surface area (TPSA) is 49.4 Å². The van der Waals surface area contributed by atoms with E-state index in [1.54, 1.807) is 6.92 Å². The van der Waals surface area contributed by atoms with Crippen molar-refractivity contribution in [1.29, 1.82) is 0 Å². The van der Waals surface area contributed by atoms with Crippen molar-refractivity contribution in [3.63, 3.8) is 0 Å². The zero-order valence-corrected chi connectivity index (χ0v) is 11.8. The summed E-state index contributed by atoms with van der Waals surface area (Å²) >= 11 is 0. The summed E-state index contributed by atoms with van der Waals surface area (Å²) in [5, 5.41) is 2.53. The maximum Gasteiger partial charge on any atom is 0.252 e. The third kappa shape index (κ3) is 2.48. The predicted molar refractivity (Wildman–Crippen MR) is 70.1 cm³/mol. The van der Waals surface area contributed by atoms with Crippen LogP contribution in [-0.2, 0) is 9.59 Å². The number of piperazine rings is 1. The summed E-state index contributed by atoms with van der Waals surface area (Å²) in [5.74, 6) is -4.77. The van der Waals surface area contributed by atoms with Crippen molar-refractivity contribution in [2.24, 2.45) is 0 Å². The molecule has 1 unspecified atom stereocenters. The Kier molecular flexibility index (Phi) is 3.69. The number of hydrogen-bond acceptors (Lipinski definition) is 2. The van der Waals surface area contributed by atoms with E-state index in [4.69, 9.17) is 0 Å². The van der Waals surface area contributed by atoms with Crippen LogP contribution >= 0.6 is 0 Å². The molecule has 1 atom stereocenters. The fourth-order valence-corrected chi connectivity index (χ4v) is 2.35. The first-order chi connectivity index (χ1) is 9.69. The van der Waals surface area contributed by atoms with Gasteiger partial charge in [0.1, 0.15) is 17.4 Å². The Labute approximate surface area is 119 Å². The van der Waals surface area contributed by atoms with Crippen LogP contribution in [0.5, 0.6) is 0 Å². The molecule has 1 aliphatic heterocycles. The molecule has 1 N–H and O–H groups in total. The molecule has 0 saturated carbocycles. The number of hydrogen-bond donors (Lipinski definition) is 1. The van der Waals surface area contributed by atoms with Gasteiger partial charge in [-0.3, -0.25) is 14.5 Å². The molecule has 2 amide bonds. The number of rotatable bonds is 2. The van der Waals surface area contributed by atoms with Crippen molar-refractivity contribution in [2.45, 2.75) is 38.8 Å². The summed E-state index contributed by atoms with van der Waals surface area (Å²) in [6.07, 6.45) is 0.214. The summed E-state index contributed by atoms with van der Waals surface area (Å²) in [5.41, 5.74) is -1.69. The number of carbonyl (C=O) groups is 2. The van der Waals surface area contributed by atoms with Crippen molar-refractivity contribution in [3.8, 4) is 0 Å². The van der Waals surface area contributed by atoms with Gasteiger partial charge < -0.3 is 5.32 Å². The Balaban J connectivity index is 2.59. The third-order valence-electron chi connectivity index (χ3n) is 3.44. The maximum absolute atomic E-state index is 13.9. The molecule has 114 valence electrons. The van der Waals surface area contributed by atoms with Crippen molar-refractivity contribution in [2.75, 3.05) is 4.90 Å². The molecule has 1 fully saturated rings. The van der Waals surface area contributed by atoms with E-state index < -0.39 is 46.5 Å². The van der Waals surface area contributed by atoms with Gasteiger partial charge in [-0.2, -0.15) is 0 Å². The first-order valence-corrected chi connectivity index (χ1v) is 6.49. The summed E-state index contributed by atoms with van der Waals surface area (Å²) in [7, 11) is 0. The molecule has 1 saturated heterocycles. The minimum Gasteiger partial charge on any atom is -0.340 e. The van der Waals surface area contributed by atoms with Gasteiger partial charge in [0.25, 0.3) is 5.91 Å². The van der Waals surface area contributed by atoms with Crippen molar-refractivity contribution in [3.05, 3.63) is 29.6 Å². The second-order valence-corrected chi connectivity index (χ2v) is 5.43. The average Bonchev–Trinajstić information content (AvgIpc) is 2.38. The lowest BCUT2D eigenvalue weighted by Gasteiger charge is -2.42. The minimum absolute atomic E-state index is 0.214. The molecule has 4 nitrogen and oxygen atoms in total. The number of anilines is 1. The van der Waals surface area contributed by atoms with Crippen molar-refractivity contribution < 1.29 is 22.8 Å². The smallest absolute Gasteiger partial charge is 0.252 e. The van der Waals surface area contributed by atoms with E-state index in [0.717, 1.165) is 4.90 Å². The van der Waals surface area contributed by atoms with E-state index in [1.165, 1.54) is 13.8 Å². The molecular weight excluding hydrogens is 285 g/mol. The monoisotopic (exact) mass is 300 g/mol. The van der Waals surface area contributed by atoms with E-state index in [1.807, 2.05) is 0 Å². The lowest BCUT2D eigenvalue weighted by atomic mass is 9.95. The molecule has 0 spiro atoms. The van der Waals surface area contributed by atoms with E-state index in [9.17, 15) is 22.8 Å². The highest BCUT2D eigenvalue weighted by molar-refractivity contribution is 6.10. The van der Waals surface area contributed by atoms with E-state index in [0.29, 0.717) is 12.1 Å². The van der Waals surface area contributed by atoms with Crippen LogP contribution < -0.4 is 10.2 Å². The van der Waals surface area contributed by atoms with Crippen LogP contribution in [0, 0.1) is 17.5 Å². The van der Waals surface area contributed by atoms with Crippen LogP contribution in [0.3, 0.4) is 0 Å². The highest BCUT2D eigenvalue weighted by Crippen LogP contribution is 2.30. The Hall–Kier alpha value is -2.05. The second-order valence-electron chi connectivity index (χ2n) is 5.43. The molecule has 1 aromatic carbocycles. The zero-order chi connectivity index (χ0) is 15.9. The molecule has 0 aliphatic carbocycles. The largest absolute Gasteiger partial charge is 0.340 e. The molecular formula is C14H15F3N2O2. The number of carbonyl (C=O) groups excluding carboxylic acids is 2. The molecule has 21 heavy (non-hydrogen) atoms. The van der Waals surface area contributed by atoms with Gasteiger partial charge in [0, 0.05) is 12.1 Å². The molecule has 2 rings (SSSR count). The van der Waals surface area contributed by atoms with Crippen LogP contribution in [0.1, 0.15) is 27.2 Å². The lowest BCUT2D eigenvalue weighted by molar-refractivity contribution is -0.137. The Morgan fingerprint density at radius 1 is 1.14 bits per heavy atom. The first kappa shape index (κ1) is 15.3. The molecule has 1 aromatic rings. The fourth-order valence-electron chi connectivity index (χ4n) is 2.35. The summed E-state index contributed by atoms with van der Waals surface area (Å²) in [6, 6.07) is -0.00531. The first-order valence-electron chi connectivity index (χ1n) is 6.49. The molecule has 7 heteroatoms. The number of halogens is 3.